The molecule has 0 aliphatic heterocycles. The van der Waals surface area contributed by atoms with Gasteiger partial charge in [-0.15, -0.1) is 0 Å². The van der Waals surface area contributed by atoms with E-state index in [2.05, 4.69) is 121 Å². The third kappa shape index (κ3) is 6.61. The first kappa shape index (κ1) is 29.3. The Morgan fingerprint density at radius 2 is 0.844 bits per heavy atom. The van der Waals surface area contributed by atoms with Gasteiger partial charge in [0.1, 0.15) is 12.8 Å². The maximum absolute atomic E-state index is 12.0. The molecule has 0 fully saturated rings. The number of nitrogens with zero attached hydrogens (tertiary/aromatic N) is 1. The molecule has 0 saturated carbocycles. The van der Waals surface area contributed by atoms with E-state index in [1.54, 1.807) is 12.4 Å². The quantitative estimate of drug-likeness (QED) is 0.168. The van der Waals surface area contributed by atoms with Gasteiger partial charge in [0.2, 0.25) is 0 Å². The van der Waals surface area contributed by atoms with Crippen LogP contribution in [0.1, 0.15) is 5.56 Å². The monoisotopic (exact) mass is 583 g/mol. The van der Waals surface area contributed by atoms with Crippen LogP contribution in [-0.2, 0) is 11.3 Å². The van der Waals surface area contributed by atoms with Crippen LogP contribution in [0.2, 0.25) is 0 Å². The van der Waals surface area contributed by atoms with E-state index in [0.717, 1.165) is 16.3 Å². The second-order valence-corrected chi connectivity index (χ2v) is 11.0. The Kier molecular flexibility index (Phi) is 9.23. The predicted molar refractivity (Wildman–Crippen MR) is 186 cm³/mol. The molecule has 1 aromatic heterocycles. The van der Waals surface area contributed by atoms with Crippen LogP contribution in [0.15, 0.2) is 194 Å². The predicted octanol–water partition coefficient (Wildman–Crippen LogP) is 6.38. The largest absolute Gasteiger partial charge is 0.602 e. The molecule has 0 N–H and O–H groups in total. The van der Waals surface area contributed by atoms with Crippen LogP contribution in [0.5, 0.6) is 0 Å². The molecule has 7 aromatic rings. The van der Waals surface area contributed by atoms with Gasteiger partial charge in [-0.25, -0.2) is 0 Å². The third-order valence-electron chi connectivity index (χ3n) is 8.30. The van der Waals surface area contributed by atoms with E-state index in [-0.39, 0.29) is 12.7 Å². The molecule has 3 nitrogen and oxygen atoms in total. The van der Waals surface area contributed by atoms with E-state index < -0.39 is 6.15 Å². The number of benzene rings is 6. The van der Waals surface area contributed by atoms with E-state index in [4.69, 9.17) is 4.74 Å². The minimum Gasteiger partial charge on any atom is -0.407 e. The van der Waals surface area contributed by atoms with Crippen molar-refractivity contribution in [2.24, 2.45) is 0 Å². The number of rotatable bonds is 6. The molecular formula is C41H34BNO2. The second kappa shape index (κ2) is 14.2. The molecule has 0 saturated heterocycles. The first-order valence-electron chi connectivity index (χ1n) is 15.2. The van der Waals surface area contributed by atoms with Crippen molar-refractivity contribution >= 4 is 44.9 Å². The first-order chi connectivity index (χ1) is 22.2. The smallest absolute Gasteiger partial charge is 0.407 e. The van der Waals surface area contributed by atoms with Crippen molar-refractivity contribution in [1.29, 1.82) is 0 Å². The molecule has 0 amide bonds. The fraction of sp³-hybridized carbons (Fsp3) is 0.0244. The molecule has 0 bridgehead atoms. The number of pyridine rings is 1. The van der Waals surface area contributed by atoms with Gasteiger partial charge in [0, 0.05) is 11.5 Å². The van der Waals surface area contributed by atoms with E-state index >= 15 is 0 Å². The van der Waals surface area contributed by atoms with Crippen LogP contribution in [0.3, 0.4) is 0 Å². The Morgan fingerprint density at radius 3 is 1.29 bits per heavy atom. The van der Waals surface area contributed by atoms with Crippen molar-refractivity contribution in [2.75, 3.05) is 0 Å². The standard InChI is InChI=1S/C24H20B.C17H14NO2/c1-5-13-21(14-6-1)25(22-15-7-2-8-16-22,23-17-9-3-10-18-23)24-19-11-4-12-20-24;19-17(20-13-14-6-2-1-3-7-14)18-11-10-15-8-4-5-9-16(15)12-18/h1-20H;1-12H,13H2/q-1;+1. The van der Waals surface area contributed by atoms with Gasteiger partial charge in [-0.1, -0.05) is 174 Å². The molecule has 4 heteroatoms. The molecule has 45 heavy (non-hydrogen) atoms. The molecule has 6 aromatic carbocycles. The molecule has 0 spiro atoms. The average molecular weight is 584 g/mol. The minimum atomic E-state index is -1.22. The van der Waals surface area contributed by atoms with Crippen LogP contribution in [0, 0.1) is 0 Å². The summed E-state index contributed by atoms with van der Waals surface area (Å²) in [6.45, 7) is 0.277. The fourth-order valence-electron chi connectivity index (χ4n) is 6.16. The van der Waals surface area contributed by atoms with Gasteiger partial charge in [-0.2, -0.15) is 26.6 Å². The molecule has 0 unspecified atom stereocenters. The number of fused-ring (bicyclic) bond motifs is 1. The Morgan fingerprint density at radius 1 is 0.467 bits per heavy atom. The second-order valence-electron chi connectivity index (χ2n) is 11.0. The van der Waals surface area contributed by atoms with Gasteiger partial charge >= 0.3 is 6.09 Å². The highest BCUT2D eigenvalue weighted by atomic mass is 16.5. The lowest BCUT2D eigenvalue weighted by Crippen LogP contribution is -2.74. The number of ether oxygens (including phenoxy) is 1. The number of carbonyl (C=O) groups excluding carboxylic acids is 1. The minimum absolute atomic E-state index is 0.277. The van der Waals surface area contributed by atoms with Crippen molar-refractivity contribution in [3.8, 4) is 0 Å². The van der Waals surface area contributed by atoms with Gasteiger partial charge in [0.05, 0.1) is 0 Å². The number of carbonyl (C=O) groups is 1. The van der Waals surface area contributed by atoms with Crippen LogP contribution < -0.4 is 26.4 Å². The van der Waals surface area contributed by atoms with E-state index in [9.17, 15) is 4.79 Å². The summed E-state index contributed by atoms with van der Waals surface area (Å²) in [5.41, 5.74) is 6.33. The summed E-state index contributed by atoms with van der Waals surface area (Å²) >= 11 is 0. The van der Waals surface area contributed by atoms with Gasteiger partial charge in [-0.05, 0) is 17.0 Å². The molecule has 0 aliphatic carbocycles. The number of hydrogen-bond donors (Lipinski definition) is 0. The zero-order valence-electron chi connectivity index (χ0n) is 25.0. The Labute approximate surface area is 264 Å². The highest BCUT2D eigenvalue weighted by Crippen LogP contribution is 2.11. The van der Waals surface area contributed by atoms with E-state index in [1.807, 2.05) is 60.7 Å². The Bertz CT molecular complexity index is 1790. The van der Waals surface area contributed by atoms with Gasteiger partial charge in [0.25, 0.3) is 0 Å². The van der Waals surface area contributed by atoms with Gasteiger partial charge in [-0.3, -0.25) is 0 Å². The molecule has 0 atom stereocenters. The lowest BCUT2D eigenvalue weighted by Gasteiger charge is -2.44. The highest BCUT2D eigenvalue weighted by molar-refractivity contribution is 7.19. The zero-order chi connectivity index (χ0) is 30.7. The molecule has 0 radical (unpaired) electrons. The summed E-state index contributed by atoms with van der Waals surface area (Å²) in [6, 6.07) is 63.0. The van der Waals surface area contributed by atoms with Gasteiger partial charge < -0.3 is 4.74 Å². The number of aromatic nitrogens is 1. The summed E-state index contributed by atoms with van der Waals surface area (Å²) in [6.07, 6.45) is 1.91. The maximum atomic E-state index is 12.0. The SMILES string of the molecule is O=C(OCc1ccccc1)[n+]1ccc2ccccc2c1.c1ccc([B-](c2ccccc2)(c2ccccc2)c2ccccc2)cc1. The Hall–Kier alpha value is -5.74. The van der Waals surface area contributed by atoms with Gasteiger partial charge in [0.15, 0.2) is 12.4 Å². The maximum Gasteiger partial charge on any atom is 0.602 e. The topological polar surface area (TPSA) is 30.2 Å². The lowest BCUT2D eigenvalue weighted by molar-refractivity contribution is -0.585. The molecular weight excluding hydrogens is 549 g/mol. The van der Waals surface area contributed by atoms with Crippen molar-refractivity contribution in [1.82, 2.24) is 0 Å². The number of hydrogen-bond acceptors (Lipinski definition) is 2. The lowest BCUT2D eigenvalue weighted by atomic mass is 9.13. The summed E-state index contributed by atoms with van der Waals surface area (Å²) in [7, 11) is 0. The Balaban J connectivity index is 0.000000163. The van der Waals surface area contributed by atoms with Crippen LogP contribution >= 0.6 is 0 Å². The van der Waals surface area contributed by atoms with Crippen molar-refractivity contribution in [3.05, 3.63) is 200 Å². The summed E-state index contributed by atoms with van der Waals surface area (Å²) in [4.78, 5) is 12.0. The normalized spacial score (nSPS) is 10.8. The van der Waals surface area contributed by atoms with Crippen LogP contribution in [0.4, 0.5) is 4.79 Å². The van der Waals surface area contributed by atoms with Crippen molar-refractivity contribution in [3.63, 3.8) is 0 Å². The molecule has 218 valence electrons. The van der Waals surface area contributed by atoms with Crippen LogP contribution in [0.25, 0.3) is 10.8 Å². The van der Waals surface area contributed by atoms with Crippen molar-refractivity contribution in [2.45, 2.75) is 6.61 Å². The first-order valence-corrected chi connectivity index (χ1v) is 15.2. The van der Waals surface area contributed by atoms with E-state index in [1.165, 1.54) is 26.4 Å². The molecule has 0 aliphatic rings. The van der Waals surface area contributed by atoms with Crippen LogP contribution in [-0.4, -0.2) is 12.2 Å². The van der Waals surface area contributed by atoms with E-state index in [0.29, 0.717) is 0 Å². The molecule has 1 heterocycles. The average Bonchev–Trinajstić information content (AvgIpc) is 3.13. The fourth-order valence-corrected chi connectivity index (χ4v) is 6.16. The molecule has 7 rings (SSSR count). The summed E-state index contributed by atoms with van der Waals surface area (Å²) < 4.78 is 6.75. The third-order valence-corrected chi connectivity index (χ3v) is 8.30. The summed E-state index contributed by atoms with van der Waals surface area (Å²) in [5.74, 6) is 0. The zero-order valence-corrected chi connectivity index (χ0v) is 25.0. The van der Waals surface area contributed by atoms with Crippen molar-refractivity contribution < 1.29 is 14.1 Å². The highest BCUT2D eigenvalue weighted by Gasteiger charge is 2.31. The summed E-state index contributed by atoms with van der Waals surface area (Å²) in [5, 5.41) is 2.10.